The molecule has 2 N–H and O–H groups in total. The van der Waals surface area contributed by atoms with E-state index in [1.807, 2.05) is 0 Å². The Morgan fingerprint density at radius 2 is 1.94 bits per heavy atom. The summed E-state index contributed by atoms with van der Waals surface area (Å²) in [6.45, 7) is -0.333. The van der Waals surface area contributed by atoms with Crippen LogP contribution in [0.5, 0.6) is 0 Å². The van der Waals surface area contributed by atoms with Crippen LogP contribution in [-0.4, -0.2) is 17.6 Å². The van der Waals surface area contributed by atoms with E-state index in [1.165, 1.54) is 0 Å². The molecule has 94 valence electrons. The monoisotopic (exact) mass is 247 g/mol. The van der Waals surface area contributed by atoms with E-state index in [4.69, 9.17) is 5.11 Å². The number of rotatable bonds is 5. The second-order valence-corrected chi connectivity index (χ2v) is 3.44. The molecule has 3 nitrogen and oxygen atoms in total. The zero-order chi connectivity index (χ0) is 12.8. The maximum absolute atomic E-state index is 13.2. The predicted octanol–water partition coefficient (Wildman–Crippen LogP) is 1.49. The van der Waals surface area contributed by atoms with Gasteiger partial charge in [0.2, 0.25) is 5.91 Å². The molecule has 1 aromatic rings. The average Bonchev–Trinajstić information content (AvgIpc) is 2.32. The van der Waals surface area contributed by atoms with Crippen LogP contribution in [0.4, 0.5) is 13.2 Å². The molecule has 17 heavy (non-hydrogen) atoms. The Balaban J connectivity index is 2.58. The molecule has 6 heteroatoms. The van der Waals surface area contributed by atoms with Crippen molar-refractivity contribution in [2.75, 3.05) is 6.61 Å². The maximum atomic E-state index is 13.2. The van der Waals surface area contributed by atoms with E-state index >= 15 is 0 Å². The molecule has 0 unspecified atom stereocenters. The lowest BCUT2D eigenvalue weighted by Crippen LogP contribution is -2.23. The minimum absolute atomic E-state index is 0.0990. The predicted molar refractivity (Wildman–Crippen MR) is 54.5 cm³/mol. The van der Waals surface area contributed by atoms with Crippen LogP contribution >= 0.6 is 0 Å². The van der Waals surface area contributed by atoms with Gasteiger partial charge in [0.15, 0.2) is 17.5 Å². The highest BCUT2D eigenvalue weighted by Crippen LogP contribution is 2.14. The van der Waals surface area contributed by atoms with Gasteiger partial charge in [0.05, 0.1) is 0 Å². The van der Waals surface area contributed by atoms with Crippen LogP contribution in [-0.2, 0) is 11.3 Å². The largest absolute Gasteiger partial charge is 0.396 e. The molecule has 0 saturated heterocycles. The molecule has 0 heterocycles. The summed E-state index contributed by atoms with van der Waals surface area (Å²) in [4.78, 5) is 11.1. The summed E-state index contributed by atoms with van der Waals surface area (Å²) in [6.07, 6.45) is 0.397. The van der Waals surface area contributed by atoms with E-state index in [0.717, 1.165) is 12.1 Å². The summed E-state index contributed by atoms with van der Waals surface area (Å²) >= 11 is 0. The molecule has 0 aliphatic rings. The van der Waals surface area contributed by atoms with Gasteiger partial charge in [-0.05, 0) is 12.5 Å². The Morgan fingerprint density at radius 1 is 1.24 bits per heavy atom. The minimum atomic E-state index is -1.55. The fourth-order valence-electron chi connectivity index (χ4n) is 1.22. The standard InChI is InChI=1S/C11H12F3NO2/c12-8-4-3-7(10(13)11(8)14)6-15-9(17)2-1-5-16/h3-4,16H,1-2,5-6H2,(H,15,17). The number of aliphatic hydroxyl groups excluding tert-OH is 1. The van der Waals surface area contributed by atoms with Crippen LogP contribution in [0.3, 0.4) is 0 Å². The molecule has 0 aliphatic heterocycles. The van der Waals surface area contributed by atoms with Gasteiger partial charge in [0.25, 0.3) is 0 Å². The van der Waals surface area contributed by atoms with E-state index in [9.17, 15) is 18.0 Å². The first-order valence-corrected chi connectivity index (χ1v) is 5.06. The number of aliphatic hydroxyl groups is 1. The van der Waals surface area contributed by atoms with Gasteiger partial charge in [-0.25, -0.2) is 13.2 Å². The van der Waals surface area contributed by atoms with Gasteiger partial charge in [-0.3, -0.25) is 4.79 Å². The summed E-state index contributed by atoms with van der Waals surface area (Å²) in [6, 6.07) is 1.87. The number of carbonyl (C=O) groups excluding carboxylic acids is 1. The normalized spacial score (nSPS) is 10.4. The van der Waals surface area contributed by atoms with Crippen molar-refractivity contribution in [3.63, 3.8) is 0 Å². The molecule has 1 amide bonds. The van der Waals surface area contributed by atoms with Crippen molar-refractivity contribution in [2.45, 2.75) is 19.4 Å². The molecular weight excluding hydrogens is 235 g/mol. The van der Waals surface area contributed by atoms with E-state index in [1.54, 1.807) is 0 Å². The van der Waals surface area contributed by atoms with E-state index < -0.39 is 17.5 Å². The number of amides is 1. The lowest BCUT2D eigenvalue weighted by molar-refractivity contribution is -0.121. The highest BCUT2D eigenvalue weighted by Gasteiger charge is 2.13. The zero-order valence-corrected chi connectivity index (χ0v) is 8.97. The fourth-order valence-corrected chi connectivity index (χ4v) is 1.22. The van der Waals surface area contributed by atoms with Gasteiger partial charge < -0.3 is 10.4 Å². The minimum Gasteiger partial charge on any atom is -0.396 e. The molecule has 1 aromatic carbocycles. The van der Waals surface area contributed by atoms with Crippen molar-refractivity contribution in [1.29, 1.82) is 0 Å². The molecule has 0 fully saturated rings. The van der Waals surface area contributed by atoms with Crippen LogP contribution in [0, 0.1) is 17.5 Å². The van der Waals surface area contributed by atoms with E-state index in [2.05, 4.69) is 5.32 Å². The molecule has 0 aliphatic carbocycles. The molecule has 0 saturated carbocycles. The number of hydrogen-bond acceptors (Lipinski definition) is 2. The number of nitrogens with one attached hydrogen (secondary N) is 1. The van der Waals surface area contributed by atoms with Crippen LogP contribution in [0.1, 0.15) is 18.4 Å². The van der Waals surface area contributed by atoms with Crippen molar-refractivity contribution in [3.8, 4) is 0 Å². The quantitative estimate of drug-likeness (QED) is 0.774. The number of halogens is 3. The number of benzene rings is 1. The first-order valence-electron chi connectivity index (χ1n) is 5.06. The molecule has 0 spiro atoms. The van der Waals surface area contributed by atoms with Gasteiger partial charge in [-0.1, -0.05) is 6.07 Å². The van der Waals surface area contributed by atoms with Crippen LogP contribution in [0.25, 0.3) is 0 Å². The van der Waals surface area contributed by atoms with E-state index in [-0.39, 0.29) is 31.0 Å². The van der Waals surface area contributed by atoms with Gasteiger partial charge in [0, 0.05) is 25.1 Å². The van der Waals surface area contributed by atoms with Crippen molar-refractivity contribution >= 4 is 5.91 Å². The van der Waals surface area contributed by atoms with Crippen molar-refractivity contribution in [2.24, 2.45) is 0 Å². The van der Waals surface area contributed by atoms with E-state index in [0.29, 0.717) is 6.42 Å². The van der Waals surface area contributed by atoms with Crippen LogP contribution in [0.15, 0.2) is 12.1 Å². The Hall–Kier alpha value is -1.56. The molecular formula is C11H12F3NO2. The lowest BCUT2D eigenvalue weighted by Gasteiger charge is -2.06. The third kappa shape index (κ3) is 3.74. The van der Waals surface area contributed by atoms with Crippen molar-refractivity contribution < 1.29 is 23.1 Å². The third-order valence-corrected chi connectivity index (χ3v) is 2.15. The summed E-state index contributed by atoms with van der Waals surface area (Å²) < 4.78 is 38.6. The summed E-state index contributed by atoms with van der Waals surface area (Å²) in [5, 5.41) is 10.8. The Bertz CT molecular complexity index is 410. The Labute approximate surface area is 96.3 Å². The van der Waals surface area contributed by atoms with Crippen molar-refractivity contribution in [1.82, 2.24) is 5.32 Å². The van der Waals surface area contributed by atoms with Gasteiger partial charge in [-0.2, -0.15) is 0 Å². The number of carbonyl (C=O) groups is 1. The SMILES string of the molecule is O=C(CCCO)NCc1ccc(F)c(F)c1F. The van der Waals surface area contributed by atoms with Crippen LogP contribution < -0.4 is 5.32 Å². The second kappa shape index (κ2) is 6.24. The molecule has 0 radical (unpaired) electrons. The highest BCUT2D eigenvalue weighted by atomic mass is 19.2. The summed E-state index contributed by atoms with van der Waals surface area (Å²) in [5.41, 5.74) is -0.124. The molecule has 0 aromatic heterocycles. The second-order valence-electron chi connectivity index (χ2n) is 3.44. The van der Waals surface area contributed by atoms with Crippen molar-refractivity contribution in [3.05, 3.63) is 35.1 Å². The van der Waals surface area contributed by atoms with Gasteiger partial charge in [0.1, 0.15) is 0 Å². The highest BCUT2D eigenvalue weighted by molar-refractivity contribution is 5.75. The Kier molecular flexibility index (Phi) is 4.96. The summed E-state index contributed by atoms with van der Waals surface area (Å²) in [5.74, 6) is -4.50. The first-order chi connectivity index (χ1) is 8.06. The third-order valence-electron chi connectivity index (χ3n) is 2.15. The topological polar surface area (TPSA) is 49.3 Å². The smallest absolute Gasteiger partial charge is 0.220 e. The molecule has 0 atom stereocenters. The van der Waals surface area contributed by atoms with Gasteiger partial charge >= 0.3 is 0 Å². The average molecular weight is 247 g/mol. The van der Waals surface area contributed by atoms with Crippen LogP contribution in [0.2, 0.25) is 0 Å². The zero-order valence-electron chi connectivity index (χ0n) is 8.97. The molecule has 1 rings (SSSR count). The number of hydrogen-bond donors (Lipinski definition) is 2. The maximum Gasteiger partial charge on any atom is 0.220 e. The summed E-state index contributed by atoms with van der Waals surface area (Å²) in [7, 11) is 0. The molecule has 0 bridgehead atoms. The Morgan fingerprint density at radius 3 is 2.59 bits per heavy atom. The fraction of sp³-hybridized carbons (Fsp3) is 0.364. The lowest BCUT2D eigenvalue weighted by atomic mass is 10.2. The first kappa shape index (κ1) is 13.5. The van der Waals surface area contributed by atoms with Gasteiger partial charge in [-0.15, -0.1) is 0 Å².